The number of nitrogens with one attached hydrogen (secondary N) is 1. The number of carbonyl (C=O) groups excluding carboxylic acids is 2. The molecule has 2 aromatic rings. The summed E-state index contributed by atoms with van der Waals surface area (Å²) in [6.07, 6.45) is 6.89. The number of rotatable bonds is 5. The molecule has 0 bridgehead atoms. The van der Waals surface area contributed by atoms with Crippen molar-refractivity contribution in [3.8, 4) is 0 Å². The maximum atomic E-state index is 14.5. The highest BCUT2D eigenvalue weighted by atomic mass is 19.1. The van der Waals surface area contributed by atoms with E-state index in [2.05, 4.69) is 28.2 Å². The Labute approximate surface area is 218 Å². The molecule has 5 atom stereocenters. The minimum atomic E-state index is -0.315. The van der Waals surface area contributed by atoms with Crippen molar-refractivity contribution < 1.29 is 18.7 Å². The van der Waals surface area contributed by atoms with Gasteiger partial charge in [-0.2, -0.15) is 0 Å². The van der Waals surface area contributed by atoms with E-state index >= 15 is 0 Å². The number of Topliss-reactive ketones (excluding diaryl/α,β-unsaturated/α-hetero) is 1. The first-order valence-electron chi connectivity index (χ1n) is 13.8. The van der Waals surface area contributed by atoms with Crippen molar-refractivity contribution in [2.24, 2.45) is 23.2 Å². The maximum absolute atomic E-state index is 14.5. The molecule has 1 N–H and O–H groups in total. The van der Waals surface area contributed by atoms with Crippen LogP contribution in [0, 0.1) is 29.0 Å². The minimum absolute atomic E-state index is 0.0592. The molecule has 1 saturated heterocycles. The van der Waals surface area contributed by atoms with Crippen molar-refractivity contribution in [2.75, 3.05) is 36.5 Å². The molecule has 2 heterocycles. The zero-order valence-corrected chi connectivity index (χ0v) is 21.5. The number of ketones is 1. The van der Waals surface area contributed by atoms with Crippen molar-refractivity contribution in [3.63, 3.8) is 0 Å². The standard InChI is InChI=1S/C30H36FN3O3/c1-30-12-11-22-21-3-2-4-25(31)23(21)7-8-24(22)29(30)19(17-26(30)35)5-10-28(36)33-27-9-6-20(18-32-27)34-13-15-37-16-14-34/h2-4,6,9,18-19,22,24,29H,5,7-8,10-17H2,1H3,(H,32,33,36)/t19-,22?,24?,29?,30-/m1/s1. The second-order valence-corrected chi connectivity index (χ2v) is 11.6. The highest BCUT2D eigenvalue weighted by molar-refractivity contribution is 5.90. The molecule has 1 aliphatic heterocycles. The van der Waals surface area contributed by atoms with Gasteiger partial charge in [0.25, 0.3) is 0 Å². The number of amides is 1. The van der Waals surface area contributed by atoms with Gasteiger partial charge in [0.05, 0.1) is 25.1 Å². The SMILES string of the molecule is C[C@]12CCC3c4cccc(F)c4CCC3C1[C@H](CCC(=O)Nc1ccc(N3CCOCC3)cn1)CC2=O. The predicted molar refractivity (Wildman–Crippen MR) is 140 cm³/mol. The van der Waals surface area contributed by atoms with E-state index in [0.29, 0.717) is 55.9 Å². The Hall–Kier alpha value is -2.80. The highest BCUT2D eigenvalue weighted by Gasteiger charge is 2.58. The normalized spacial score (nSPS) is 30.9. The lowest BCUT2D eigenvalue weighted by molar-refractivity contribution is -0.129. The maximum Gasteiger partial charge on any atom is 0.225 e. The number of morpholine rings is 1. The molecule has 6 rings (SSSR count). The van der Waals surface area contributed by atoms with Gasteiger partial charge in [-0.1, -0.05) is 19.1 Å². The molecule has 4 aliphatic rings. The fraction of sp³-hybridized carbons (Fsp3) is 0.567. The van der Waals surface area contributed by atoms with E-state index < -0.39 is 0 Å². The van der Waals surface area contributed by atoms with E-state index in [1.54, 1.807) is 12.3 Å². The van der Waals surface area contributed by atoms with E-state index in [-0.39, 0.29) is 29.0 Å². The van der Waals surface area contributed by atoms with Gasteiger partial charge in [0, 0.05) is 31.3 Å². The van der Waals surface area contributed by atoms with E-state index in [4.69, 9.17) is 4.74 Å². The fourth-order valence-electron chi connectivity index (χ4n) is 7.89. The van der Waals surface area contributed by atoms with E-state index in [1.165, 1.54) is 0 Å². The summed E-state index contributed by atoms with van der Waals surface area (Å²) >= 11 is 0. The van der Waals surface area contributed by atoms with E-state index in [9.17, 15) is 14.0 Å². The number of hydrogen-bond acceptors (Lipinski definition) is 5. The number of carbonyl (C=O) groups is 2. The molecule has 1 amide bonds. The van der Waals surface area contributed by atoms with Crippen LogP contribution in [0.1, 0.15) is 62.5 Å². The van der Waals surface area contributed by atoms with Crippen molar-refractivity contribution in [3.05, 3.63) is 53.5 Å². The lowest BCUT2D eigenvalue weighted by atomic mass is 9.54. The Kier molecular flexibility index (Phi) is 6.51. The van der Waals surface area contributed by atoms with Crippen molar-refractivity contribution in [2.45, 2.75) is 57.8 Å². The number of nitrogens with zero attached hydrogens (tertiary/aromatic N) is 2. The van der Waals surface area contributed by atoms with Gasteiger partial charge in [0.2, 0.25) is 5.91 Å². The predicted octanol–water partition coefficient (Wildman–Crippen LogP) is 5.13. The van der Waals surface area contributed by atoms with Crippen LogP contribution in [-0.4, -0.2) is 43.0 Å². The number of benzene rings is 1. The molecule has 1 aromatic carbocycles. The van der Waals surface area contributed by atoms with Crippen molar-refractivity contribution in [1.29, 1.82) is 0 Å². The van der Waals surface area contributed by atoms with Gasteiger partial charge < -0.3 is 15.0 Å². The van der Waals surface area contributed by atoms with Gasteiger partial charge in [-0.05, 0) is 85.1 Å². The summed E-state index contributed by atoms with van der Waals surface area (Å²) in [6.45, 7) is 5.27. The number of halogens is 1. The molecular weight excluding hydrogens is 469 g/mol. The third-order valence-corrected chi connectivity index (χ3v) is 9.70. The van der Waals surface area contributed by atoms with E-state index in [0.717, 1.165) is 55.6 Å². The zero-order valence-electron chi connectivity index (χ0n) is 21.5. The number of hydrogen-bond donors (Lipinski definition) is 1. The number of fused-ring (bicyclic) bond motifs is 5. The first-order valence-corrected chi connectivity index (χ1v) is 13.8. The van der Waals surface area contributed by atoms with Crippen LogP contribution >= 0.6 is 0 Å². The Bertz CT molecular complexity index is 1180. The molecule has 3 aliphatic carbocycles. The molecule has 6 nitrogen and oxygen atoms in total. The fourth-order valence-corrected chi connectivity index (χ4v) is 7.89. The summed E-state index contributed by atoms with van der Waals surface area (Å²) in [6, 6.07) is 9.32. The molecule has 0 radical (unpaired) electrons. The second kappa shape index (κ2) is 9.82. The van der Waals surface area contributed by atoms with Crippen LogP contribution in [-0.2, 0) is 20.7 Å². The van der Waals surface area contributed by atoms with Gasteiger partial charge in [-0.25, -0.2) is 9.37 Å². The van der Waals surface area contributed by atoms with Crippen LogP contribution in [0.5, 0.6) is 0 Å². The summed E-state index contributed by atoms with van der Waals surface area (Å²) in [5, 5.41) is 2.94. The van der Waals surface area contributed by atoms with Crippen LogP contribution in [0.3, 0.4) is 0 Å². The van der Waals surface area contributed by atoms with E-state index in [1.807, 2.05) is 18.2 Å². The molecule has 3 fully saturated rings. The molecule has 0 spiro atoms. The lowest BCUT2D eigenvalue weighted by Crippen LogP contribution is -2.44. The quantitative estimate of drug-likeness (QED) is 0.610. The van der Waals surface area contributed by atoms with Gasteiger partial charge in [0.15, 0.2) is 0 Å². The monoisotopic (exact) mass is 505 g/mol. The number of pyridine rings is 1. The summed E-state index contributed by atoms with van der Waals surface area (Å²) in [5.41, 5.74) is 2.75. The average Bonchev–Trinajstić information content (AvgIpc) is 3.18. The molecular formula is C30H36FN3O3. The molecule has 1 aromatic heterocycles. The summed E-state index contributed by atoms with van der Waals surface area (Å²) in [7, 11) is 0. The third kappa shape index (κ3) is 4.45. The summed E-state index contributed by atoms with van der Waals surface area (Å²) in [5.74, 6) is 1.90. The minimum Gasteiger partial charge on any atom is -0.378 e. The molecule has 2 saturated carbocycles. The Morgan fingerprint density at radius 1 is 1.22 bits per heavy atom. The third-order valence-electron chi connectivity index (χ3n) is 9.70. The van der Waals surface area contributed by atoms with Crippen molar-refractivity contribution >= 4 is 23.2 Å². The van der Waals surface area contributed by atoms with Crippen LogP contribution in [0.4, 0.5) is 15.9 Å². The van der Waals surface area contributed by atoms with Gasteiger partial charge in [-0.3, -0.25) is 9.59 Å². The average molecular weight is 506 g/mol. The number of aromatic nitrogens is 1. The molecule has 7 heteroatoms. The Balaban J connectivity index is 1.11. The van der Waals surface area contributed by atoms with Gasteiger partial charge in [-0.15, -0.1) is 0 Å². The first kappa shape index (κ1) is 24.5. The highest BCUT2D eigenvalue weighted by Crippen LogP contribution is 2.62. The van der Waals surface area contributed by atoms with Crippen LogP contribution < -0.4 is 10.2 Å². The Morgan fingerprint density at radius 3 is 2.84 bits per heavy atom. The smallest absolute Gasteiger partial charge is 0.225 e. The van der Waals surface area contributed by atoms with Crippen LogP contribution in [0.25, 0.3) is 0 Å². The molecule has 37 heavy (non-hydrogen) atoms. The summed E-state index contributed by atoms with van der Waals surface area (Å²) in [4.78, 5) is 32.8. The second-order valence-electron chi connectivity index (χ2n) is 11.6. The van der Waals surface area contributed by atoms with Gasteiger partial charge >= 0.3 is 0 Å². The largest absolute Gasteiger partial charge is 0.378 e. The molecule has 196 valence electrons. The van der Waals surface area contributed by atoms with Gasteiger partial charge in [0.1, 0.15) is 17.4 Å². The number of anilines is 2. The zero-order chi connectivity index (χ0) is 25.6. The first-order chi connectivity index (χ1) is 17.9. The number of ether oxygens (including phenoxy) is 1. The topological polar surface area (TPSA) is 71.5 Å². The van der Waals surface area contributed by atoms with Crippen molar-refractivity contribution in [1.82, 2.24) is 4.98 Å². The summed E-state index contributed by atoms with van der Waals surface area (Å²) < 4.78 is 19.9. The van der Waals surface area contributed by atoms with Crippen LogP contribution in [0.15, 0.2) is 36.5 Å². The van der Waals surface area contributed by atoms with Crippen LogP contribution in [0.2, 0.25) is 0 Å². The lowest BCUT2D eigenvalue weighted by Gasteiger charge is -2.50. The Morgan fingerprint density at radius 2 is 2.05 bits per heavy atom. The molecule has 3 unspecified atom stereocenters.